The quantitative estimate of drug-likeness (QED) is 0.523. The molecule has 3 rings (SSSR count). The summed E-state index contributed by atoms with van der Waals surface area (Å²) < 4.78 is 42.9. The van der Waals surface area contributed by atoms with E-state index >= 15 is 0 Å². The largest absolute Gasteiger partial charge is 0.446 e. The summed E-state index contributed by atoms with van der Waals surface area (Å²) in [6.45, 7) is 8.98. The van der Waals surface area contributed by atoms with Crippen LogP contribution in [0, 0.1) is 11.8 Å². The highest BCUT2D eigenvalue weighted by molar-refractivity contribution is 8.00. The molecular formula is C22H31F3N2O2S. The van der Waals surface area contributed by atoms with Crippen molar-refractivity contribution < 1.29 is 22.7 Å². The van der Waals surface area contributed by atoms with E-state index < -0.39 is 11.1 Å². The van der Waals surface area contributed by atoms with Crippen molar-refractivity contribution >= 4 is 23.5 Å². The topological polar surface area (TPSA) is 32.8 Å². The number of piperidine rings is 2. The number of carbonyl (C=O) groups is 1. The Morgan fingerprint density at radius 3 is 1.90 bits per heavy atom. The number of hydrogen-bond acceptors (Lipinski definition) is 4. The molecule has 4 nitrogen and oxygen atoms in total. The lowest BCUT2D eigenvalue weighted by Crippen LogP contribution is -2.44. The highest BCUT2D eigenvalue weighted by Crippen LogP contribution is 2.38. The van der Waals surface area contributed by atoms with Crippen LogP contribution in [0.2, 0.25) is 0 Å². The van der Waals surface area contributed by atoms with Crippen molar-refractivity contribution in [1.29, 1.82) is 0 Å². The number of ether oxygens (including phenoxy) is 1. The summed E-state index contributed by atoms with van der Waals surface area (Å²) in [5.74, 6) is 1.26. The van der Waals surface area contributed by atoms with E-state index in [2.05, 4.69) is 4.90 Å². The molecular weight excluding hydrogens is 413 g/mol. The second-order valence-corrected chi connectivity index (χ2v) is 10.3. The van der Waals surface area contributed by atoms with Crippen molar-refractivity contribution in [2.75, 3.05) is 31.1 Å². The minimum Gasteiger partial charge on any atom is -0.444 e. The van der Waals surface area contributed by atoms with E-state index in [0.29, 0.717) is 11.8 Å². The fraction of sp³-hybridized carbons (Fsp3) is 0.682. The van der Waals surface area contributed by atoms with E-state index in [-0.39, 0.29) is 22.8 Å². The van der Waals surface area contributed by atoms with Crippen LogP contribution in [0.5, 0.6) is 0 Å². The molecule has 1 aromatic carbocycles. The van der Waals surface area contributed by atoms with Crippen LogP contribution in [-0.4, -0.2) is 48.3 Å². The van der Waals surface area contributed by atoms with E-state index in [1.165, 1.54) is 0 Å². The zero-order valence-corrected chi connectivity index (χ0v) is 18.7. The Hall–Kier alpha value is -1.57. The number of benzene rings is 1. The number of hydrogen-bond donors (Lipinski definition) is 0. The summed E-state index contributed by atoms with van der Waals surface area (Å²) in [6, 6.07) is 6.67. The van der Waals surface area contributed by atoms with Gasteiger partial charge in [-0.2, -0.15) is 13.2 Å². The zero-order chi connectivity index (χ0) is 21.9. The van der Waals surface area contributed by atoms with Gasteiger partial charge < -0.3 is 14.5 Å². The van der Waals surface area contributed by atoms with Gasteiger partial charge in [0.15, 0.2) is 0 Å². The molecule has 1 aromatic rings. The van der Waals surface area contributed by atoms with E-state index in [0.717, 1.165) is 57.5 Å². The van der Waals surface area contributed by atoms with Crippen LogP contribution in [0.4, 0.5) is 23.7 Å². The summed E-state index contributed by atoms with van der Waals surface area (Å²) in [7, 11) is 0. The normalized spacial score (nSPS) is 19.8. The third-order valence-electron chi connectivity index (χ3n) is 5.83. The lowest BCUT2D eigenvalue weighted by Gasteiger charge is -2.41. The highest BCUT2D eigenvalue weighted by Gasteiger charge is 2.33. The monoisotopic (exact) mass is 444 g/mol. The Balaban J connectivity index is 1.44. The SMILES string of the molecule is CC(C)(C)OC(=O)N1CCC(C2CCN(c3ccc(SC(F)(F)F)cc3)CC2)CC1. The predicted molar refractivity (Wildman–Crippen MR) is 114 cm³/mol. The van der Waals surface area contributed by atoms with Gasteiger partial charge in [-0.05, 0) is 94.3 Å². The van der Waals surface area contributed by atoms with E-state index in [1.807, 2.05) is 25.7 Å². The molecule has 2 aliphatic rings. The smallest absolute Gasteiger partial charge is 0.444 e. The second kappa shape index (κ2) is 9.28. The van der Waals surface area contributed by atoms with Crippen molar-refractivity contribution in [3.63, 3.8) is 0 Å². The minimum atomic E-state index is -4.25. The van der Waals surface area contributed by atoms with Crippen LogP contribution in [-0.2, 0) is 4.74 Å². The first-order valence-electron chi connectivity index (χ1n) is 10.6. The molecule has 0 aliphatic carbocycles. The fourth-order valence-electron chi connectivity index (χ4n) is 4.37. The standard InChI is InChI=1S/C22H31F3N2O2S/c1-21(2,3)29-20(28)27-14-10-17(11-15-27)16-8-12-26(13-9-16)18-4-6-19(7-5-18)30-22(23,24)25/h4-7,16-17H,8-15H2,1-3H3. The summed E-state index contributed by atoms with van der Waals surface area (Å²) in [5.41, 5.74) is -3.73. The Morgan fingerprint density at radius 1 is 0.933 bits per heavy atom. The zero-order valence-electron chi connectivity index (χ0n) is 17.9. The Kier molecular flexibility index (Phi) is 7.15. The molecule has 0 bridgehead atoms. The van der Waals surface area contributed by atoms with Crippen LogP contribution < -0.4 is 4.90 Å². The summed E-state index contributed by atoms with van der Waals surface area (Å²) in [6.07, 6.45) is 3.95. The van der Waals surface area contributed by atoms with Crippen LogP contribution in [0.15, 0.2) is 29.2 Å². The van der Waals surface area contributed by atoms with Crippen molar-refractivity contribution in [2.24, 2.45) is 11.8 Å². The van der Waals surface area contributed by atoms with Gasteiger partial charge in [0.05, 0.1) is 0 Å². The lowest BCUT2D eigenvalue weighted by molar-refractivity contribution is -0.0328. The number of thioether (sulfide) groups is 1. The summed E-state index contributed by atoms with van der Waals surface area (Å²) in [4.78, 5) is 16.5. The molecule has 2 saturated heterocycles. The molecule has 0 spiro atoms. The number of amides is 1. The van der Waals surface area contributed by atoms with Crippen LogP contribution in [0.1, 0.15) is 46.5 Å². The Morgan fingerprint density at radius 2 is 1.43 bits per heavy atom. The summed E-state index contributed by atoms with van der Waals surface area (Å²) in [5, 5.41) is 0. The lowest BCUT2D eigenvalue weighted by atomic mass is 9.79. The number of rotatable bonds is 3. The van der Waals surface area contributed by atoms with Crippen LogP contribution in [0.3, 0.4) is 0 Å². The van der Waals surface area contributed by atoms with Crippen molar-refractivity contribution in [1.82, 2.24) is 4.90 Å². The van der Waals surface area contributed by atoms with Gasteiger partial charge in [0, 0.05) is 36.8 Å². The molecule has 0 aromatic heterocycles. The van der Waals surface area contributed by atoms with Gasteiger partial charge in [-0.3, -0.25) is 0 Å². The first-order valence-corrected chi connectivity index (χ1v) is 11.4. The number of likely N-dealkylation sites (tertiary alicyclic amines) is 1. The molecule has 0 atom stereocenters. The molecule has 30 heavy (non-hydrogen) atoms. The molecule has 8 heteroatoms. The van der Waals surface area contributed by atoms with Gasteiger partial charge in [-0.15, -0.1) is 0 Å². The van der Waals surface area contributed by atoms with Gasteiger partial charge >= 0.3 is 11.6 Å². The maximum Gasteiger partial charge on any atom is 0.446 e. The van der Waals surface area contributed by atoms with Gasteiger partial charge in [0.2, 0.25) is 0 Å². The molecule has 1 amide bonds. The number of nitrogens with zero attached hydrogens (tertiary/aromatic N) is 2. The fourth-order valence-corrected chi connectivity index (χ4v) is 4.91. The van der Waals surface area contributed by atoms with Gasteiger partial charge in [-0.1, -0.05) is 0 Å². The minimum absolute atomic E-state index is 0.0752. The van der Waals surface area contributed by atoms with Crippen molar-refractivity contribution in [3.05, 3.63) is 24.3 Å². The highest BCUT2D eigenvalue weighted by atomic mass is 32.2. The third-order valence-corrected chi connectivity index (χ3v) is 6.57. The van der Waals surface area contributed by atoms with Crippen molar-refractivity contribution in [3.8, 4) is 0 Å². The van der Waals surface area contributed by atoms with E-state index in [1.54, 1.807) is 24.3 Å². The molecule has 168 valence electrons. The molecule has 2 fully saturated rings. The van der Waals surface area contributed by atoms with E-state index in [9.17, 15) is 18.0 Å². The molecule has 0 radical (unpaired) electrons. The van der Waals surface area contributed by atoms with Crippen LogP contribution >= 0.6 is 11.8 Å². The predicted octanol–water partition coefficient (Wildman–Crippen LogP) is 6.16. The van der Waals surface area contributed by atoms with Crippen LogP contribution in [0.25, 0.3) is 0 Å². The molecule has 0 N–H and O–H groups in total. The number of halogens is 3. The first kappa shape index (κ1) is 23.1. The van der Waals surface area contributed by atoms with Gasteiger partial charge in [0.25, 0.3) is 0 Å². The molecule has 0 saturated carbocycles. The van der Waals surface area contributed by atoms with E-state index in [4.69, 9.17) is 4.74 Å². The van der Waals surface area contributed by atoms with Crippen molar-refractivity contribution in [2.45, 2.75) is 62.5 Å². The maximum atomic E-state index is 12.5. The molecule has 0 unspecified atom stereocenters. The number of alkyl halides is 3. The van der Waals surface area contributed by atoms with Gasteiger partial charge in [0.1, 0.15) is 5.60 Å². The average Bonchev–Trinajstić information content (AvgIpc) is 2.66. The third kappa shape index (κ3) is 6.72. The number of anilines is 1. The molecule has 2 aliphatic heterocycles. The Bertz CT molecular complexity index is 703. The summed E-state index contributed by atoms with van der Waals surface area (Å²) >= 11 is -0.0752. The van der Waals surface area contributed by atoms with Gasteiger partial charge in [-0.25, -0.2) is 4.79 Å². The second-order valence-electron chi connectivity index (χ2n) is 9.17. The molecule has 2 heterocycles. The number of carbonyl (C=O) groups excluding carboxylic acids is 1. The first-order chi connectivity index (χ1) is 14.0. The Labute approximate surface area is 181 Å². The average molecular weight is 445 g/mol. The maximum absolute atomic E-state index is 12.5.